The number of carbonyl (C=O) groups excluding carboxylic acids is 8. The number of hydrogen-bond donors (Lipinski definition) is 0. The van der Waals surface area contributed by atoms with Gasteiger partial charge in [-0.2, -0.15) is 0 Å². The van der Waals surface area contributed by atoms with Crippen LogP contribution < -0.4 is 0 Å². The van der Waals surface area contributed by atoms with E-state index in [0.717, 1.165) is 116 Å². The summed E-state index contributed by atoms with van der Waals surface area (Å²) in [5.41, 5.74) is 0.833. The molecule has 0 radical (unpaired) electrons. The zero-order valence-electron chi connectivity index (χ0n) is 57.1. The Morgan fingerprint density at radius 3 is 0.989 bits per heavy atom. The second kappa shape index (κ2) is 35.9. The largest absolute Gasteiger partial charge is 0.466 e. The highest BCUT2D eigenvalue weighted by molar-refractivity contribution is 5.85. The average molecular weight is 1230 g/mol. The van der Waals surface area contributed by atoms with Gasteiger partial charge in [-0.1, -0.05) is 118 Å². The molecule has 8 fully saturated rings. The normalized spacial score (nSPS) is 33.0. The number of ether oxygens (including phenoxy) is 4. The van der Waals surface area contributed by atoms with Crippen LogP contribution in [0, 0.1) is 92.7 Å². The molecule has 0 aromatic heterocycles. The van der Waals surface area contributed by atoms with Crippen molar-refractivity contribution in [2.75, 3.05) is 26.4 Å². The van der Waals surface area contributed by atoms with Crippen LogP contribution in [-0.4, -0.2) is 73.4 Å². The summed E-state index contributed by atoms with van der Waals surface area (Å²) in [6.45, 7) is 27.6. The van der Waals surface area contributed by atoms with E-state index in [1.807, 2.05) is 26.0 Å². The summed E-state index contributed by atoms with van der Waals surface area (Å²) in [7, 11) is 0. The number of hydrogen-bond acceptors (Lipinski definition) is 12. The number of Topliss-reactive ketones (excluding diaryl/α,β-unsaturated/α-hetero) is 4. The number of fused-ring (bicyclic) bond motifs is 4. The van der Waals surface area contributed by atoms with Crippen LogP contribution >= 0.6 is 0 Å². The summed E-state index contributed by atoms with van der Waals surface area (Å²) in [6.07, 6.45) is 43.3. The predicted molar refractivity (Wildman–Crippen MR) is 349 cm³/mol. The van der Waals surface area contributed by atoms with Gasteiger partial charge in [0, 0.05) is 74.3 Å². The van der Waals surface area contributed by atoms with Crippen LogP contribution in [0.5, 0.6) is 0 Å². The molecule has 0 N–H and O–H groups in total. The summed E-state index contributed by atoms with van der Waals surface area (Å²) < 4.78 is 19.6. The third kappa shape index (κ3) is 19.8. The first-order valence-electron chi connectivity index (χ1n) is 35.4. The standard InChI is InChI=1S/2C19H32O3.2C19H28O3/c4*1-4-22-18(21)10-6-5-8-14(2)15-11-12-16-17(20)9-7-13-19(15,16)3/h2*14-16H,4-13H2,1-3H3;2*5-6,8,10,14-16H,4,7,9,11-13H2,1-3H3/b;;2*8-5+,10-6+/t14-,15+,16+,19+;14-,15-,16-,19-;14-,15+,16+,19+;14-,15-,16-,19-/m0101/s1. The van der Waals surface area contributed by atoms with Gasteiger partial charge in [0.15, 0.2) is 0 Å². The molecular weight excluding hydrogens is 1100 g/mol. The van der Waals surface area contributed by atoms with Crippen molar-refractivity contribution in [1.82, 2.24) is 0 Å². The molecule has 0 aromatic rings. The first-order valence-corrected chi connectivity index (χ1v) is 35.4. The van der Waals surface area contributed by atoms with Crippen molar-refractivity contribution in [3.05, 3.63) is 48.6 Å². The topological polar surface area (TPSA) is 173 Å². The Kier molecular flexibility index (Phi) is 30.3. The Labute approximate surface area is 532 Å². The van der Waals surface area contributed by atoms with Crippen LogP contribution in [0.3, 0.4) is 0 Å². The molecule has 8 rings (SSSR count). The summed E-state index contributed by atoms with van der Waals surface area (Å²) in [5, 5.41) is 0. The fraction of sp³-hybridized carbons (Fsp3) is 0.789. The zero-order chi connectivity index (χ0) is 64.7. The molecule has 8 aliphatic rings. The van der Waals surface area contributed by atoms with Crippen LogP contribution in [0.2, 0.25) is 0 Å². The maximum Gasteiger partial charge on any atom is 0.330 e. The van der Waals surface area contributed by atoms with Crippen LogP contribution in [0.1, 0.15) is 263 Å². The van der Waals surface area contributed by atoms with Crippen LogP contribution in [0.25, 0.3) is 0 Å². The minimum atomic E-state index is -0.300. The molecule has 16 atom stereocenters. The lowest BCUT2D eigenvalue weighted by molar-refractivity contribution is -0.144. The highest BCUT2D eigenvalue weighted by Gasteiger charge is 2.55. The van der Waals surface area contributed by atoms with Crippen LogP contribution in [-0.2, 0) is 57.3 Å². The van der Waals surface area contributed by atoms with Gasteiger partial charge < -0.3 is 18.9 Å². The number of rotatable bonds is 24. The van der Waals surface area contributed by atoms with E-state index in [-0.39, 0.29) is 57.4 Å². The van der Waals surface area contributed by atoms with Gasteiger partial charge >= 0.3 is 23.9 Å². The average Bonchev–Trinajstić information content (AvgIpc) is 1.84. The second-order valence-electron chi connectivity index (χ2n) is 29.0. The smallest absolute Gasteiger partial charge is 0.330 e. The number of ketones is 4. The summed E-state index contributed by atoms with van der Waals surface area (Å²) in [6, 6.07) is 0. The quantitative estimate of drug-likeness (QED) is 0.0295. The maximum absolute atomic E-state index is 12.2. The number of carbonyl (C=O) groups is 8. The van der Waals surface area contributed by atoms with E-state index >= 15 is 0 Å². The van der Waals surface area contributed by atoms with Crippen molar-refractivity contribution in [2.24, 2.45) is 92.7 Å². The molecule has 0 bridgehead atoms. The lowest BCUT2D eigenvalue weighted by atomic mass is 9.62. The van der Waals surface area contributed by atoms with Crippen molar-refractivity contribution < 1.29 is 57.3 Å². The van der Waals surface area contributed by atoms with Gasteiger partial charge in [0.2, 0.25) is 0 Å². The lowest BCUT2D eigenvalue weighted by Gasteiger charge is -2.42. The molecule has 0 heterocycles. The molecular formula is C76H120O12. The van der Waals surface area contributed by atoms with Crippen molar-refractivity contribution in [1.29, 1.82) is 0 Å². The molecule has 0 unspecified atom stereocenters. The van der Waals surface area contributed by atoms with Gasteiger partial charge in [-0.3, -0.25) is 28.8 Å². The van der Waals surface area contributed by atoms with E-state index in [9.17, 15) is 38.4 Å². The molecule has 0 spiro atoms. The van der Waals surface area contributed by atoms with Crippen molar-refractivity contribution in [3.8, 4) is 0 Å². The van der Waals surface area contributed by atoms with E-state index in [1.54, 1.807) is 26.0 Å². The molecule has 0 aliphatic heterocycles. The molecule has 12 heteroatoms. The Hall–Kier alpha value is -4.48. The number of unbranched alkanes of at least 4 members (excludes halogenated alkanes) is 2. The third-order valence-electron chi connectivity index (χ3n) is 23.7. The van der Waals surface area contributed by atoms with Crippen LogP contribution in [0.15, 0.2) is 48.6 Å². The van der Waals surface area contributed by atoms with Gasteiger partial charge in [0.1, 0.15) is 23.1 Å². The third-order valence-corrected chi connectivity index (χ3v) is 23.7. The molecule has 0 amide bonds. The van der Waals surface area contributed by atoms with Gasteiger partial charge in [0.25, 0.3) is 0 Å². The molecule has 88 heavy (non-hydrogen) atoms. The monoisotopic (exact) mass is 1220 g/mol. The van der Waals surface area contributed by atoms with E-state index in [2.05, 4.69) is 67.5 Å². The maximum atomic E-state index is 12.2. The van der Waals surface area contributed by atoms with E-state index in [4.69, 9.17) is 18.9 Å². The van der Waals surface area contributed by atoms with Gasteiger partial charge in [-0.25, -0.2) is 9.59 Å². The first-order chi connectivity index (χ1) is 41.9. The number of esters is 4. The molecule has 8 aliphatic carbocycles. The highest BCUT2D eigenvalue weighted by Crippen LogP contribution is 2.60. The summed E-state index contributed by atoms with van der Waals surface area (Å²) in [4.78, 5) is 93.9. The van der Waals surface area contributed by atoms with Gasteiger partial charge in [-0.15, -0.1) is 0 Å². The molecule has 0 saturated heterocycles. The molecule has 496 valence electrons. The molecule has 8 saturated carbocycles. The van der Waals surface area contributed by atoms with E-state index in [1.165, 1.54) is 63.5 Å². The fourth-order valence-corrected chi connectivity index (χ4v) is 19.2. The molecule has 0 aromatic carbocycles. The minimum absolute atomic E-state index is 0.0686. The lowest BCUT2D eigenvalue weighted by Crippen LogP contribution is -2.39. The van der Waals surface area contributed by atoms with Gasteiger partial charge in [0.05, 0.1) is 26.4 Å². The van der Waals surface area contributed by atoms with E-state index < -0.39 is 0 Å². The second-order valence-corrected chi connectivity index (χ2v) is 29.0. The van der Waals surface area contributed by atoms with Gasteiger partial charge in [-0.05, 0) is 212 Å². The van der Waals surface area contributed by atoms with Crippen molar-refractivity contribution >= 4 is 47.0 Å². The Balaban J connectivity index is 0.000000214. The van der Waals surface area contributed by atoms with Crippen molar-refractivity contribution in [2.45, 2.75) is 263 Å². The Morgan fingerprint density at radius 1 is 0.409 bits per heavy atom. The van der Waals surface area contributed by atoms with Crippen molar-refractivity contribution in [3.63, 3.8) is 0 Å². The van der Waals surface area contributed by atoms with E-state index in [0.29, 0.717) is 122 Å². The first kappa shape index (κ1) is 74.2. The zero-order valence-corrected chi connectivity index (χ0v) is 57.1. The molecule has 12 nitrogen and oxygen atoms in total. The fourth-order valence-electron chi connectivity index (χ4n) is 19.2. The minimum Gasteiger partial charge on any atom is -0.466 e. The summed E-state index contributed by atoms with van der Waals surface area (Å²) in [5.74, 6) is 7.12. The van der Waals surface area contributed by atoms with Crippen LogP contribution in [0.4, 0.5) is 0 Å². The Morgan fingerprint density at radius 2 is 0.693 bits per heavy atom. The predicted octanol–water partition coefficient (Wildman–Crippen LogP) is 17.2. The Bertz CT molecular complexity index is 2250. The SMILES string of the molecule is CCOC(=O)/C=C/C=C/[C@@H](C)[C@H]1CC[C@@H]2C(=O)CCC[C@@]21C.CCOC(=O)/C=C/C=C/[C@H](C)[C@H]1CC[C@@H]2C(=O)CCC[C@@]21C.CCOC(=O)CCCC[C@@H](C)[C@H]1CC[C@@H]2C(=O)CCC[C@@]21C.CCOC(=O)CCCC[C@H](C)[C@H]1CC[C@@H]2C(=O)CCC[C@@]21C. The summed E-state index contributed by atoms with van der Waals surface area (Å²) >= 11 is 0. The number of allylic oxidation sites excluding steroid dienone is 6. The highest BCUT2D eigenvalue weighted by atomic mass is 16.5.